The van der Waals surface area contributed by atoms with Crippen LogP contribution in [-0.2, 0) is 16.1 Å². The minimum atomic E-state index is -1.29. The van der Waals surface area contributed by atoms with Gasteiger partial charge in [-0.2, -0.15) is 0 Å². The smallest absolute Gasteiger partial charge is 0.339 e. The van der Waals surface area contributed by atoms with Gasteiger partial charge in [0.05, 0.1) is 6.61 Å². The van der Waals surface area contributed by atoms with Crippen LogP contribution in [0, 0.1) is 0 Å². The zero-order valence-electron chi connectivity index (χ0n) is 13.3. The van der Waals surface area contributed by atoms with E-state index in [-0.39, 0.29) is 6.61 Å². The summed E-state index contributed by atoms with van der Waals surface area (Å²) in [5.41, 5.74) is 2.66. The highest BCUT2D eigenvalue weighted by Crippen LogP contribution is 2.30. The van der Waals surface area contributed by atoms with Crippen LogP contribution in [0.1, 0.15) is 24.2 Å². The van der Waals surface area contributed by atoms with Gasteiger partial charge in [0.15, 0.2) is 6.10 Å². The molecule has 1 atom stereocenters. The van der Waals surface area contributed by atoms with E-state index in [9.17, 15) is 9.90 Å². The summed E-state index contributed by atoms with van der Waals surface area (Å²) in [6.07, 6.45) is 0.532. The third kappa shape index (κ3) is 3.37. The average Bonchev–Trinajstić information content (AvgIpc) is 2.93. The van der Waals surface area contributed by atoms with Gasteiger partial charge in [0.1, 0.15) is 0 Å². The quantitative estimate of drug-likeness (QED) is 0.671. The van der Waals surface area contributed by atoms with Crippen molar-refractivity contribution < 1.29 is 14.6 Å². The number of esters is 1. The fraction of sp³-hybridized carbons (Fsp3) is 0.211. The molecule has 0 fully saturated rings. The molecular formula is C19H18BrNO3. The molecule has 0 saturated heterocycles. The van der Waals surface area contributed by atoms with E-state index in [0.717, 1.165) is 20.9 Å². The predicted molar refractivity (Wildman–Crippen MR) is 96.8 cm³/mol. The van der Waals surface area contributed by atoms with Crippen molar-refractivity contribution in [1.82, 2.24) is 4.57 Å². The normalized spacial score (nSPS) is 12.3. The Morgan fingerprint density at radius 2 is 2.00 bits per heavy atom. The van der Waals surface area contributed by atoms with Crippen LogP contribution in [0.2, 0.25) is 0 Å². The molecule has 0 radical (unpaired) electrons. The number of aromatic nitrogens is 1. The van der Waals surface area contributed by atoms with Gasteiger partial charge >= 0.3 is 5.97 Å². The standard InChI is InChI=1S/C19H18BrNO3/c1-2-24-19(23)18(22)16-12-21(11-13-6-4-3-5-7-13)17-9-8-14(20)10-15(16)17/h3-10,12,18,22H,2,11H2,1H3/t18-/m1/s1. The summed E-state index contributed by atoms with van der Waals surface area (Å²) in [6.45, 7) is 2.62. The number of aliphatic hydroxyl groups is 1. The molecule has 0 bridgehead atoms. The highest BCUT2D eigenvalue weighted by molar-refractivity contribution is 9.10. The van der Waals surface area contributed by atoms with Gasteiger partial charge in [0.25, 0.3) is 0 Å². The molecule has 1 N–H and O–H groups in total. The van der Waals surface area contributed by atoms with Gasteiger partial charge in [-0.1, -0.05) is 46.3 Å². The zero-order valence-corrected chi connectivity index (χ0v) is 14.9. The van der Waals surface area contributed by atoms with Crippen molar-refractivity contribution in [2.45, 2.75) is 19.6 Å². The molecular weight excluding hydrogens is 370 g/mol. The maximum Gasteiger partial charge on any atom is 0.339 e. The van der Waals surface area contributed by atoms with Gasteiger partial charge in [-0.3, -0.25) is 0 Å². The summed E-state index contributed by atoms with van der Waals surface area (Å²) in [5, 5.41) is 11.2. The summed E-state index contributed by atoms with van der Waals surface area (Å²) < 4.78 is 7.88. The lowest BCUT2D eigenvalue weighted by Gasteiger charge is -2.08. The van der Waals surface area contributed by atoms with E-state index < -0.39 is 12.1 Å². The minimum absolute atomic E-state index is 0.238. The second-order valence-electron chi connectivity index (χ2n) is 5.51. The Hall–Kier alpha value is -2.11. The highest BCUT2D eigenvalue weighted by Gasteiger charge is 2.23. The number of aliphatic hydroxyl groups excluding tert-OH is 1. The number of benzene rings is 2. The number of halogens is 1. The number of ether oxygens (including phenoxy) is 1. The van der Waals surface area contributed by atoms with E-state index in [1.54, 1.807) is 6.92 Å². The average molecular weight is 388 g/mol. The third-order valence-corrected chi connectivity index (χ3v) is 4.37. The first-order valence-corrected chi connectivity index (χ1v) is 8.56. The number of carbonyl (C=O) groups excluding carboxylic acids is 1. The third-order valence-electron chi connectivity index (χ3n) is 3.87. The molecule has 3 aromatic rings. The molecule has 2 aromatic carbocycles. The molecule has 0 aliphatic carbocycles. The highest BCUT2D eigenvalue weighted by atomic mass is 79.9. The van der Waals surface area contributed by atoms with Gasteiger partial charge in [0.2, 0.25) is 0 Å². The SMILES string of the molecule is CCOC(=O)[C@H](O)c1cn(Cc2ccccc2)c2ccc(Br)cc12. The molecule has 124 valence electrons. The Labute approximate surface area is 148 Å². The lowest BCUT2D eigenvalue weighted by atomic mass is 10.1. The first kappa shape index (κ1) is 16.7. The first-order chi connectivity index (χ1) is 11.6. The van der Waals surface area contributed by atoms with Crippen LogP contribution in [0.5, 0.6) is 0 Å². The number of hydrogen-bond donors (Lipinski definition) is 1. The Morgan fingerprint density at radius 1 is 1.25 bits per heavy atom. The van der Waals surface area contributed by atoms with Crippen LogP contribution in [0.25, 0.3) is 10.9 Å². The van der Waals surface area contributed by atoms with Gasteiger partial charge in [-0.05, 0) is 30.7 Å². The lowest BCUT2D eigenvalue weighted by Crippen LogP contribution is -2.15. The summed E-state index contributed by atoms with van der Waals surface area (Å²) in [6, 6.07) is 15.9. The van der Waals surface area contributed by atoms with Gasteiger partial charge < -0.3 is 14.4 Å². The number of fused-ring (bicyclic) bond motifs is 1. The van der Waals surface area contributed by atoms with Crippen molar-refractivity contribution in [3.8, 4) is 0 Å². The summed E-state index contributed by atoms with van der Waals surface area (Å²) in [5.74, 6) is -0.628. The molecule has 0 aliphatic rings. The van der Waals surface area contributed by atoms with Crippen molar-refractivity contribution in [3.63, 3.8) is 0 Å². The molecule has 0 saturated carbocycles. The minimum Gasteiger partial charge on any atom is -0.464 e. The molecule has 3 rings (SSSR count). The summed E-state index contributed by atoms with van der Waals surface area (Å²) >= 11 is 3.45. The van der Waals surface area contributed by atoms with Crippen LogP contribution in [0.4, 0.5) is 0 Å². The van der Waals surface area contributed by atoms with E-state index in [1.807, 2.05) is 59.3 Å². The maximum atomic E-state index is 11.9. The second kappa shape index (κ2) is 7.20. The maximum absolute atomic E-state index is 11.9. The van der Waals surface area contributed by atoms with E-state index in [0.29, 0.717) is 12.1 Å². The molecule has 4 nitrogen and oxygen atoms in total. The molecule has 5 heteroatoms. The van der Waals surface area contributed by atoms with Gasteiger partial charge in [-0.15, -0.1) is 0 Å². The lowest BCUT2D eigenvalue weighted by molar-refractivity contribution is -0.153. The van der Waals surface area contributed by atoms with Crippen LogP contribution in [0.15, 0.2) is 59.2 Å². The molecule has 0 unspecified atom stereocenters. The largest absolute Gasteiger partial charge is 0.464 e. The predicted octanol–water partition coefficient (Wildman–Crippen LogP) is 4.05. The summed E-state index contributed by atoms with van der Waals surface area (Å²) in [4.78, 5) is 11.9. The molecule has 0 amide bonds. The van der Waals surface area contributed by atoms with Crippen molar-refractivity contribution >= 4 is 32.8 Å². The van der Waals surface area contributed by atoms with Crippen LogP contribution in [-0.4, -0.2) is 22.2 Å². The van der Waals surface area contributed by atoms with Gasteiger partial charge in [0, 0.05) is 33.7 Å². The molecule has 1 heterocycles. The van der Waals surface area contributed by atoms with Crippen LogP contribution < -0.4 is 0 Å². The van der Waals surface area contributed by atoms with E-state index >= 15 is 0 Å². The number of carbonyl (C=O) groups is 1. The monoisotopic (exact) mass is 387 g/mol. The number of nitrogens with zero attached hydrogens (tertiary/aromatic N) is 1. The van der Waals surface area contributed by atoms with Crippen molar-refractivity contribution in [3.05, 3.63) is 70.3 Å². The molecule has 0 spiro atoms. The van der Waals surface area contributed by atoms with Crippen molar-refractivity contribution in [2.75, 3.05) is 6.61 Å². The Bertz CT molecular complexity index is 858. The van der Waals surface area contributed by atoms with Crippen LogP contribution in [0.3, 0.4) is 0 Å². The van der Waals surface area contributed by atoms with E-state index in [4.69, 9.17) is 4.74 Å². The fourth-order valence-corrected chi connectivity index (χ4v) is 3.13. The summed E-state index contributed by atoms with van der Waals surface area (Å²) in [7, 11) is 0. The van der Waals surface area contributed by atoms with Crippen LogP contribution >= 0.6 is 15.9 Å². The zero-order chi connectivity index (χ0) is 17.1. The fourth-order valence-electron chi connectivity index (χ4n) is 2.77. The Balaban J connectivity index is 2.06. The first-order valence-electron chi connectivity index (χ1n) is 7.77. The molecule has 0 aliphatic heterocycles. The molecule has 24 heavy (non-hydrogen) atoms. The topological polar surface area (TPSA) is 51.5 Å². The van der Waals surface area contributed by atoms with Crippen molar-refractivity contribution in [2.24, 2.45) is 0 Å². The van der Waals surface area contributed by atoms with Crippen molar-refractivity contribution in [1.29, 1.82) is 0 Å². The number of hydrogen-bond acceptors (Lipinski definition) is 3. The van der Waals surface area contributed by atoms with Gasteiger partial charge in [-0.25, -0.2) is 4.79 Å². The van der Waals surface area contributed by atoms with E-state index in [2.05, 4.69) is 15.9 Å². The Morgan fingerprint density at radius 3 is 2.71 bits per heavy atom. The number of rotatable bonds is 5. The van der Waals surface area contributed by atoms with E-state index in [1.165, 1.54) is 0 Å². The molecule has 1 aromatic heterocycles. The Kier molecular flexibility index (Phi) is 5.02. The second-order valence-corrected chi connectivity index (χ2v) is 6.43.